The maximum Gasteiger partial charge on any atom is 0.287 e. The molecular weight excluding hydrogens is 322 g/mol. The molecule has 7 nitrogen and oxygen atoms in total. The third-order valence-corrected chi connectivity index (χ3v) is 4.20. The SMILES string of the molecule is COC(OC)c1ccc(C(=O)NCc2ccc(N3CCCC3)nc2)o1. The number of carbonyl (C=O) groups is 1. The number of carbonyl (C=O) groups excluding carboxylic acids is 1. The molecule has 2 aromatic rings. The molecule has 1 aliphatic heterocycles. The smallest absolute Gasteiger partial charge is 0.287 e. The average molecular weight is 345 g/mol. The number of furan rings is 1. The molecule has 0 spiro atoms. The van der Waals surface area contributed by atoms with Gasteiger partial charge < -0.3 is 24.1 Å². The van der Waals surface area contributed by atoms with Gasteiger partial charge in [0, 0.05) is 40.1 Å². The van der Waals surface area contributed by atoms with Gasteiger partial charge in [0.25, 0.3) is 5.91 Å². The van der Waals surface area contributed by atoms with Crippen LogP contribution in [0.2, 0.25) is 0 Å². The molecule has 1 aliphatic rings. The van der Waals surface area contributed by atoms with E-state index in [1.807, 2.05) is 12.1 Å². The summed E-state index contributed by atoms with van der Waals surface area (Å²) in [5, 5.41) is 2.82. The number of ether oxygens (including phenoxy) is 2. The molecule has 1 N–H and O–H groups in total. The van der Waals surface area contributed by atoms with E-state index >= 15 is 0 Å². The van der Waals surface area contributed by atoms with Crippen LogP contribution >= 0.6 is 0 Å². The lowest BCUT2D eigenvalue weighted by atomic mass is 10.2. The Hall–Kier alpha value is -2.38. The zero-order chi connectivity index (χ0) is 17.6. The molecule has 1 fully saturated rings. The second-order valence-electron chi connectivity index (χ2n) is 5.91. The van der Waals surface area contributed by atoms with Gasteiger partial charge in [-0.05, 0) is 36.6 Å². The number of hydrogen-bond acceptors (Lipinski definition) is 6. The zero-order valence-electron chi connectivity index (χ0n) is 14.5. The molecule has 0 radical (unpaired) electrons. The minimum absolute atomic E-state index is 0.218. The Kier molecular flexibility index (Phi) is 5.67. The van der Waals surface area contributed by atoms with Crippen molar-refractivity contribution in [1.29, 1.82) is 0 Å². The van der Waals surface area contributed by atoms with Crippen LogP contribution in [0.25, 0.3) is 0 Å². The fraction of sp³-hybridized carbons (Fsp3) is 0.444. The summed E-state index contributed by atoms with van der Waals surface area (Å²) in [4.78, 5) is 18.9. The standard InChI is InChI=1S/C18H23N3O4/c1-23-18(24-2)15-7-6-14(25-15)17(22)20-12-13-5-8-16(19-11-13)21-9-3-4-10-21/h5-8,11,18H,3-4,9-10,12H2,1-2H3,(H,20,22). The number of amides is 1. The van der Waals surface area contributed by atoms with Gasteiger partial charge >= 0.3 is 0 Å². The topological polar surface area (TPSA) is 76.8 Å². The molecule has 7 heteroatoms. The van der Waals surface area contributed by atoms with E-state index in [-0.39, 0.29) is 11.7 Å². The first-order valence-corrected chi connectivity index (χ1v) is 8.34. The fourth-order valence-corrected chi connectivity index (χ4v) is 2.85. The van der Waals surface area contributed by atoms with Gasteiger partial charge in [0.05, 0.1) is 0 Å². The van der Waals surface area contributed by atoms with Crippen LogP contribution < -0.4 is 10.2 Å². The van der Waals surface area contributed by atoms with Crippen molar-refractivity contribution in [3.63, 3.8) is 0 Å². The van der Waals surface area contributed by atoms with Crippen LogP contribution in [-0.2, 0) is 16.0 Å². The maximum absolute atomic E-state index is 12.2. The maximum atomic E-state index is 12.2. The minimum atomic E-state index is -0.621. The first kappa shape index (κ1) is 17.4. The van der Waals surface area contributed by atoms with E-state index in [4.69, 9.17) is 13.9 Å². The quantitative estimate of drug-likeness (QED) is 0.777. The number of nitrogens with zero attached hydrogens (tertiary/aromatic N) is 2. The van der Waals surface area contributed by atoms with Gasteiger partial charge in [-0.3, -0.25) is 4.79 Å². The van der Waals surface area contributed by atoms with E-state index in [0.717, 1.165) is 24.5 Å². The third kappa shape index (κ3) is 4.18. The highest BCUT2D eigenvalue weighted by atomic mass is 16.7. The number of aromatic nitrogens is 1. The molecule has 1 amide bonds. The highest BCUT2D eigenvalue weighted by molar-refractivity contribution is 5.91. The van der Waals surface area contributed by atoms with E-state index in [1.165, 1.54) is 27.1 Å². The summed E-state index contributed by atoms with van der Waals surface area (Å²) in [6.07, 6.45) is 3.62. The van der Waals surface area contributed by atoms with Gasteiger partial charge in [-0.1, -0.05) is 6.07 Å². The monoisotopic (exact) mass is 345 g/mol. The van der Waals surface area contributed by atoms with Gasteiger partial charge in [0.15, 0.2) is 11.5 Å². The first-order valence-electron chi connectivity index (χ1n) is 8.34. The summed E-state index contributed by atoms with van der Waals surface area (Å²) in [5.41, 5.74) is 0.940. The van der Waals surface area contributed by atoms with Gasteiger partial charge in [-0.25, -0.2) is 4.98 Å². The number of anilines is 1. The lowest BCUT2D eigenvalue weighted by Crippen LogP contribution is -2.23. The van der Waals surface area contributed by atoms with Crippen molar-refractivity contribution in [3.8, 4) is 0 Å². The Morgan fingerprint density at radius 2 is 2.00 bits per heavy atom. The van der Waals surface area contributed by atoms with Crippen molar-refractivity contribution in [2.24, 2.45) is 0 Å². The largest absolute Gasteiger partial charge is 0.451 e. The summed E-state index contributed by atoms with van der Waals surface area (Å²) in [5.74, 6) is 1.37. The molecule has 0 bridgehead atoms. The number of nitrogens with one attached hydrogen (secondary N) is 1. The number of pyridine rings is 1. The molecule has 3 heterocycles. The summed E-state index contributed by atoms with van der Waals surface area (Å²) >= 11 is 0. The molecular formula is C18H23N3O4. The Morgan fingerprint density at radius 3 is 2.64 bits per heavy atom. The minimum Gasteiger partial charge on any atom is -0.451 e. The van der Waals surface area contributed by atoms with Gasteiger partial charge in [0.1, 0.15) is 5.82 Å². The first-order chi connectivity index (χ1) is 12.2. The number of rotatable bonds is 7. The van der Waals surface area contributed by atoms with Crippen molar-refractivity contribution in [2.75, 3.05) is 32.2 Å². The van der Waals surface area contributed by atoms with E-state index in [2.05, 4.69) is 15.2 Å². The second-order valence-corrected chi connectivity index (χ2v) is 5.91. The highest BCUT2D eigenvalue weighted by Crippen LogP contribution is 2.20. The molecule has 2 aromatic heterocycles. The molecule has 0 aromatic carbocycles. The van der Waals surface area contributed by atoms with Gasteiger partial charge in [0.2, 0.25) is 6.29 Å². The van der Waals surface area contributed by atoms with Crippen LogP contribution in [-0.4, -0.2) is 38.2 Å². The van der Waals surface area contributed by atoms with Crippen LogP contribution in [0.15, 0.2) is 34.9 Å². The Labute approximate surface area is 146 Å². The Balaban J connectivity index is 1.55. The predicted octanol–water partition coefficient (Wildman–Crippen LogP) is 2.50. The predicted molar refractivity (Wildman–Crippen MR) is 92.3 cm³/mol. The van der Waals surface area contributed by atoms with Crippen LogP contribution in [0.5, 0.6) is 0 Å². The summed E-state index contributed by atoms with van der Waals surface area (Å²) in [7, 11) is 3.02. The van der Waals surface area contributed by atoms with Gasteiger partial charge in [-0.2, -0.15) is 0 Å². The number of hydrogen-bond donors (Lipinski definition) is 1. The van der Waals surface area contributed by atoms with Crippen molar-refractivity contribution in [1.82, 2.24) is 10.3 Å². The molecule has 25 heavy (non-hydrogen) atoms. The van der Waals surface area contributed by atoms with Crippen molar-refractivity contribution >= 4 is 11.7 Å². The summed E-state index contributed by atoms with van der Waals surface area (Å²) < 4.78 is 15.7. The number of methoxy groups -OCH3 is 2. The third-order valence-electron chi connectivity index (χ3n) is 4.20. The van der Waals surface area contributed by atoms with E-state index < -0.39 is 6.29 Å². The van der Waals surface area contributed by atoms with Crippen LogP contribution in [0, 0.1) is 0 Å². The van der Waals surface area contributed by atoms with E-state index in [0.29, 0.717) is 12.3 Å². The van der Waals surface area contributed by atoms with Crippen molar-refractivity contribution in [3.05, 3.63) is 47.5 Å². The van der Waals surface area contributed by atoms with Crippen LogP contribution in [0.1, 0.15) is 41.0 Å². The Morgan fingerprint density at radius 1 is 1.24 bits per heavy atom. The van der Waals surface area contributed by atoms with E-state index in [9.17, 15) is 4.79 Å². The fourth-order valence-electron chi connectivity index (χ4n) is 2.85. The van der Waals surface area contributed by atoms with Gasteiger partial charge in [-0.15, -0.1) is 0 Å². The second kappa shape index (κ2) is 8.13. The Bertz CT molecular complexity index is 689. The molecule has 134 valence electrons. The van der Waals surface area contributed by atoms with E-state index in [1.54, 1.807) is 18.3 Å². The summed E-state index contributed by atoms with van der Waals surface area (Å²) in [6, 6.07) is 7.25. The molecule has 0 atom stereocenters. The molecule has 0 saturated carbocycles. The molecule has 0 unspecified atom stereocenters. The highest BCUT2D eigenvalue weighted by Gasteiger charge is 2.17. The van der Waals surface area contributed by atoms with Crippen LogP contribution in [0.3, 0.4) is 0 Å². The average Bonchev–Trinajstić information content (AvgIpc) is 3.33. The van der Waals surface area contributed by atoms with Crippen molar-refractivity contribution in [2.45, 2.75) is 25.7 Å². The zero-order valence-corrected chi connectivity index (χ0v) is 14.5. The summed E-state index contributed by atoms with van der Waals surface area (Å²) in [6.45, 7) is 2.52. The van der Waals surface area contributed by atoms with Crippen molar-refractivity contribution < 1.29 is 18.7 Å². The molecule has 0 aliphatic carbocycles. The lowest BCUT2D eigenvalue weighted by Gasteiger charge is -2.16. The molecule has 1 saturated heterocycles. The van der Waals surface area contributed by atoms with Crippen LogP contribution in [0.4, 0.5) is 5.82 Å². The normalized spacial score (nSPS) is 14.3. The lowest BCUT2D eigenvalue weighted by molar-refractivity contribution is -0.118. The molecule has 3 rings (SSSR count).